The summed E-state index contributed by atoms with van der Waals surface area (Å²) in [4.78, 5) is 18.9. The van der Waals surface area contributed by atoms with E-state index in [-0.39, 0.29) is 40.9 Å². The number of rotatable bonds is 3. The zero-order chi connectivity index (χ0) is 20.8. The highest BCUT2D eigenvalue weighted by Crippen LogP contribution is 2.43. The van der Waals surface area contributed by atoms with Crippen LogP contribution >= 0.6 is 11.8 Å². The fourth-order valence-corrected chi connectivity index (χ4v) is 7.85. The monoisotopic (exact) mass is 432 g/mol. The third-order valence-electron chi connectivity index (χ3n) is 5.24. The summed E-state index contributed by atoms with van der Waals surface area (Å²) in [5.41, 5.74) is 3.62. The van der Waals surface area contributed by atoms with Gasteiger partial charge in [-0.25, -0.2) is 12.8 Å². The van der Waals surface area contributed by atoms with Gasteiger partial charge in [0, 0.05) is 10.9 Å². The number of hydrogen-bond acceptors (Lipinski definition) is 4. The van der Waals surface area contributed by atoms with Gasteiger partial charge in [0.15, 0.2) is 15.0 Å². The molecule has 152 valence electrons. The van der Waals surface area contributed by atoms with Crippen LogP contribution in [0, 0.1) is 19.7 Å². The molecule has 2 aromatic rings. The van der Waals surface area contributed by atoms with E-state index in [1.54, 1.807) is 12.1 Å². The number of sulfone groups is 1. The Balaban J connectivity index is 1.69. The zero-order valence-corrected chi connectivity index (χ0v) is 17.8. The molecule has 29 heavy (non-hydrogen) atoms. The zero-order valence-electron chi connectivity index (χ0n) is 16.1. The van der Waals surface area contributed by atoms with Gasteiger partial charge in [-0.05, 0) is 42.7 Å². The molecule has 0 aromatic heterocycles. The first-order valence-corrected chi connectivity index (χ1v) is 12.0. The molecule has 2 fully saturated rings. The number of carbonyl (C=O) groups is 1. The Morgan fingerprint density at radius 1 is 1.14 bits per heavy atom. The molecule has 2 aliphatic rings. The number of amides is 1. The number of aliphatic imine (C=N–C) groups is 1. The first-order valence-electron chi connectivity index (χ1n) is 9.32. The highest BCUT2D eigenvalue weighted by atomic mass is 32.2. The van der Waals surface area contributed by atoms with Crippen molar-refractivity contribution in [2.24, 2.45) is 4.99 Å². The smallest absolute Gasteiger partial charge is 0.252 e. The van der Waals surface area contributed by atoms with Gasteiger partial charge in [-0.3, -0.25) is 4.79 Å². The molecular weight excluding hydrogens is 411 g/mol. The molecule has 4 rings (SSSR count). The fraction of sp³-hybridized carbons (Fsp3) is 0.333. The quantitative estimate of drug-likeness (QED) is 0.745. The second kappa shape index (κ2) is 7.57. The standard InChI is InChI=1S/C21H21FN2O3S2/c1-13-4-3-5-14(2)20(13)24-17-11-29(26,27)12-18(17)28-21(24)23-19(25)10-15-6-8-16(22)9-7-15/h3-9,17-18H,10-12H2,1-2H3/t17-,18-/m0/s1. The van der Waals surface area contributed by atoms with Gasteiger partial charge in [-0.15, -0.1) is 0 Å². The van der Waals surface area contributed by atoms with Crippen molar-refractivity contribution < 1.29 is 17.6 Å². The van der Waals surface area contributed by atoms with E-state index in [2.05, 4.69) is 4.99 Å². The topological polar surface area (TPSA) is 66.8 Å². The van der Waals surface area contributed by atoms with Crippen LogP contribution in [0.25, 0.3) is 0 Å². The van der Waals surface area contributed by atoms with Crippen LogP contribution in [-0.2, 0) is 21.1 Å². The van der Waals surface area contributed by atoms with Gasteiger partial charge in [-0.2, -0.15) is 4.99 Å². The number of fused-ring (bicyclic) bond motifs is 1. The maximum Gasteiger partial charge on any atom is 0.252 e. The van der Waals surface area contributed by atoms with Gasteiger partial charge in [0.05, 0.1) is 24.0 Å². The number of anilines is 1. The van der Waals surface area contributed by atoms with Crippen LogP contribution in [0.15, 0.2) is 47.5 Å². The summed E-state index contributed by atoms with van der Waals surface area (Å²) in [5.74, 6) is -0.536. The number of aryl methyl sites for hydroxylation is 2. The highest BCUT2D eigenvalue weighted by Gasteiger charge is 2.49. The van der Waals surface area contributed by atoms with Crippen LogP contribution in [0.4, 0.5) is 10.1 Å². The molecule has 8 heteroatoms. The fourth-order valence-electron chi connectivity index (χ4n) is 3.93. The number of thioether (sulfide) groups is 1. The van der Waals surface area contributed by atoms with Gasteiger partial charge < -0.3 is 4.90 Å². The predicted molar refractivity (Wildman–Crippen MR) is 115 cm³/mol. The summed E-state index contributed by atoms with van der Waals surface area (Å²) >= 11 is 1.36. The van der Waals surface area contributed by atoms with Crippen molar-refractivity contribution in [1.82, 2.24) is 0 Å². The number of halogens is 1. The summed E-state index contributed by atoms with van der Waals surface area (Å²) < 4.78 is 37.5. The molecule has 2 heterocycles. The molecule has 2 atom stereocenters. The lowest BCUT2D eigenvalue weighted by Crippen LogP contribution is -2.38. The van der Waals surface area contributed by atoms with Gasteiger partial charge in [0.1, 0.15) is 5.82 Å². The SMILES string of the molecule is Cc1cccc(C)c1N1C(=NC(=O)Cc2ccc(F)cc2)S[C@H]2CS(=O)(=O)C[C@@H]21. The van der Waals surface area contributed by atoms with Crippen molar-refractivity contribution in [3.05, 3.63) is 65.0 Å². The molecule has 0 aliphatic carbocycles. The maximum atomic E-state index is 13.1. The van der Waals surface area contributed by atoms with Crippen molar-refractivity contribution >= 4 is 38.4 Å². The Labute approximate surface area is 173 Å². The summed E-state index contributed by atoms with van der Waals surface area (Å²) in [6, 6.07) is 11.4. The largest absolute Gasteiger partial charge is 0.315 e. The van der Waals surface area contributed by atoms with Gasteiger partial charge >= 0.3 is 0 Å². The van der Waals surface area contributed by atoms with Crippen molar-refractivity contribution in [2.75, 3.05) is 16.4 Å². The molecule has 0 radical (unpaired) electrons. The molecule has 1 amide bonds. The van der Waals surface area contributed by atoms with E-state index >= 15 is 0 Å². The normalized spacial score (nSPS) is 24.1. The average Bonchev–Trinajstić information content (AvgIpc) is 3.09. The van der Waals surface area contributed by atoms with E-state index in [1.165, 1.54) is 23.9 Å². The summed E-state index contributed by atoms with van der Waals surface area (Å²) in [7, 11) is -3.11. The van der Waals surface area contributed by atoms with Crippen LogP contribution in [-0.4, -0.2) is 42.3 Å². The first-order chi connectivity index (χ1) is 13.7. The van der Waals surface area contributed by atoms with Crippen LogP contribution in [0.2, 0.25) is 0 Å². The molecule has 0 unspecified atom stereocenters. The average molecular weight is 433 g/mol. The highest BCUT2D eigenvalue weighted by molar-refractivity contribution is 8.16. The van der Waals surface area contributed by atoms with Crippen LogP contribution in [0.3, 0.4) is 0 Å². The summed E-state index contributed by atoms with van der Waals surface area (Å²) in [5, 5.41) is 0.399. The van der Waals surface area contributed by atoms with E-state index in [0.717, 1.165) is 16.8 Å². The number of nitrogens with zero attached hydrogens (tertiary/aromatic N) is 2. The molecule has 2 saturated heterocycles. The Morgan fingerprint density at radius 2 is 1.79 bits per heavy atom. The van der Waals surface area contributed by atoms with E-state index in [1.807, 2.05) is 36.9 Å². The Morgan fingerprint density at radius 3 is 2.45 bits per heavy atom. The van der Waals surface area contributed by atoms with Crippen molar-refractivity contribution in [1.29, 1.82) is 0 Å². The maximum absolute atomic E-state index is 13.1. The predicted octanol–water partition coefficient (Wildman–Crippen LogP) is 3.29. The number of carbonyl (C=O) groups excluding carboxylic acids is 1. The van der Waals surface area contributed by atoms with Crippen molar-refractivity contribution in [3.63, 3.8) is 0 Å². The first kappa shape index (κ1) is 20.1. The second-order valence-electron chi connectivity index (χ2n) is 7.50. The van der Waals surface area contributed by atoms with E-state index < -0.39 is 9.84 Å². The molecular formula is C21H21FN2O3S2. The number of amidine groups is 1. The number of hydrogen-bond donors (Lipinski definition) is 0. The Bertz CT molecular complexity index is 1080. The van der Waals surface area contributed by atoms with Gasteiger partial charge in [0.25, 0.3) is 5.91 Å². The second-order valence-corrected chi connectivity index (χ2v) is 10.9. The molecule has 0 spiro atoms. The van der Waals surface area contributed by atoms with Crippen LogP contribution < -0.4 is 4.90 Å². The molecule has 2 aliphatic heterocycles. The van der Waals surface area contributed by atoms with Crippen LogP contribution in [0.1, 0.15) is 16.7 Å². The minimum Gasteiger partial charge on any atom is -0.315 e. The van der Waals surface area contributed by atoms with E-state index in [9.17, 15) is 17.6 Å². The molecule has 0 saturated carbocycles. The third kappa shape index (κ3) is 4.09. The summed E-state index contributed by atoms with van der Waals surface area (Å²) in [6.07, 6.45) is 0.0680. The molecule has 0 bridgehead atoms. The van der Waals surface area contributed by atoms with E-state index in [0.29, 0.717) is 10.7 Å². The Hall–Kier alpha value is -2.19. The number of para-hydroxylation sites is 1. The molecule has 5 nitrogen and oxygen atoms in total. The van der Waals surface area contributed by atoms with Gasteiger partial charge in [-0.1, -0.05) is 42.1 Å². The van der Waals surface area contributed by atoms with Gasteiger partial charge in [0.2, 0.25) is 0 Å². The lowest BCUT2D eigenvalue weighted by atomic mass is 10.1. The minimum atomic E-state index is -3.11. The van der Waals surface area contributed by atoms with Crippen molar-refractivity contribution in [2.45, 2.75) is 31.6 Å². The van der Waals surface area contributed by atoms with Crippen LogP contribution in [0.5, 0.6) is 0 Å². The van der Waals surface area contributed by atoms with E-state index in [4.69, 9.17) is 0 Å². The number of benzene rings is 2. The third-order valence-corrected chi connectivity index (χ3v) is 8.45. The Kier molecular flexibility index (Phi) is 5.25. The molecule has 2 aromatic carbocycles. The minimum absolute atomic E-state index is 0.0591. The summed E-state index contributed by atoms with van der Waals surface area (Å²) in [6.45, 7) is 3.95. The lowest BCUT2D eigenvalue weighted by Gasteiger charge is -2.28. The molecule has 0 N–H and O–H groups in total. The van der Waals surface area contributed by atoms with Crippen molar-refractivity contribution in [3.8, 4) is 0 Å². The lowest BCUT2D eigenvalue weighted by molar-refractivity contribution is -0.117.